The Balaban J connectivity index is 1.71. The van der Waals surface area contributed by atoms with Crippen LogP contribution >= 0.6 is 15.9 Å². The zero-order valence-corrected chi connectivity index (χ0v) is 13.9. The summed E-state index contributed by atoms with van der Waals surface area (Å²) in [6, 6.07) is 15.9. The number of para-hydroxylation sites is 1. The number of nitrogens with one attached hydrogen (secondary N) is 2. The maximum Gasteiger partial charge on any atom is 0.224 e. The van der Waals surface area contributed by atoms with E-state index in [0.717, 1.165) is 26.5 Å². The van der Waals surface area contributed by atoms with Gasteiger partial charge >= 0.3 is 0 Å². The molecule has 2 aromatic carbocycles. The number of benzene rings is 2. The molecule has 0 aliphatic heterocycles. The molecule has 0 bridgehead atoms. The Morgan fingerprint density at radius 1 is 1.18 bits per heavy atom. The van der Waals surface area contributed by atoms with Crippen LogP contribution in [0.25, 0.3) is 10.9 Å². The zero-order chi connectivity index (χ0) is 15.5. The third-order valence-corrected chi connectivity index (χ3v) is 4.50. The third kappa shape index (κ3) is 3.07. The second-order valence-corrected chi connectivity index (χ2v) is 6.20. The Labute approximate surface area is 137 Å². The quantitative estimate of drug-likeness (QED) is 0.716. The summed E-state index contributed by atoms with van der Waals surface area (Å²) in [5.41, 5.74) is 3.16. The molecule has 0 aliphatic carbocycles. The van der Waals surface area contributed by atoms with Gasteiger partial charge in [0.2, 0.25) is 5.91 Å². The van der Waals surface area contributed by atoms with Crippen LogP contribution in [0.15, 0.2) is 59.2 Å². The standard InChI is InChI=1S/C18H17BrN2O/c1-12(14-6-2-4-8-16(14)19)21-18(22)10-13-11-20-17-9-5-3-7-15(13)17/h2-9,11-12,20H,10H2,1H3,(H,21,22)/t12-/m0/s1. The third-order valence-electron chi connectivity index (χ3n) is 3.78. The van der Waals surface area contributed by atoms with E-state index >= 15 is 0 Å². The Kier molecular flexibility index (Phi) is 4.29. The lowest BCUT2D eigenvalue weighted by atomic mass is 10.1. The van der Waals surface area contributed by atoms with Crippen LogP contribution in [0.2, 0.25) is 0 Å². The van der Waals surface area contributed by atoms with Gasteiger partial charge in [-0.25, -0.2) is 0 Å². The number of aromatic nitrogens is 1. The normalized spacial score (nSPS) is 12.3. The fraction of sp³-hybridized carbons (Fsp3) is 0.167. The fourth-order valence-electron chi connectivity index (χ4n) is 2.65. The van der Waals surface area contributed by atoms with Gasteiger partial charge in [0.15, 0.2) is 0 Å². The molecule has 3 aromatic rings. The molecule has 0 saturated heterocycles. The number of amides is 1. The van der Waals surface area contributed by atoms with Gasteiger partial charge in [-0.3, -0.25) is 4.79 Å². The van der Waals surface area contributed by atoms with Crippen molar-refractivity contribution in [3.63, 3.8) is 0 Å². The predicted octanol–water partition coefficient (Wildman–Crippen LogP) is 4.35. The van der Waals surface area contributed by atoms with Crippen LogP contribution in [-0.4, -0.2) is 10.9 Å². The molecule has 0 aliphatic rings. The van der Waals surface area contributed by atoms with Crippen molar-refractivity contribution < 1.29 is 4.79 Å². The van der Waals surface area contributed by atoms with Gasteiger partial charge in [-0.15, -0.1) is 0 Å². The van der Waals surface area contributed by atoms with E-state index in [1.165, 1.54) is 0 Å². The summed E-state index contributed by atoms with van der Waals surface area (Å²) in [6.07, 6.45) is 2.28. The van der Waals surface area contributed by atoms with E-state index in [-0.39, 0.29) is 11.9 Å². The number of rotatable bonds is 4. The summed E-state index contributed by atoms with van der Waals surface area (Å²) in [7, 11) is 0. The SMILES string of the molecule is C[C@H](NC(=O)Cc1c[nH]c2ccccc12)c1ccccc1Br. The maximum atomic E-state index is 12.3. The first-order chi connectivity index (χ1) is 10.6. The van der Waals surface area contributed by atoms with E-state index in [2.05, 4.69) is 26.2 Å². The molecule has 2 N–H and O–H groups in total. The van der Waals surface area contributed by atoms with E-state index < -0.39 is 0 Å². The number of hydrogen-bond acceptors (Lipinski definition) is 1. The molecule has 1 heterocycles. The maximum absolute atomic E-state index is 12.3. The van der Waals surface area contributed by atoms with Crippen molar-refractivity contribution in [2.24, 2.45) is 0 Å². The summed E-state index contributed by atoms with van der Waals surface area (Å²) >= 11 is 3.52. The number of H-pyrrole nitrogens is 1. The summed E-state index contributed by atoms with van der Waals surface area (Å²) in [4.78, 5) is 15.5. The number of hydrogen-bond donors (Lipinski definition) is 2. The van der Waals surface area contributed by atoms with Crippen molar-refractivity contribution in [1.29, 1.82) is 0 Å². The smallest absolute Gasteiger partial charge is 0.224 e. The van der Waals surface area contributed by atoms with Gasteiger partial charge in [-0.05, 0) is 30.2 Å². The van der Waals surface area contributed by atoms with Crippen LogP contribution in [0.4, 0.5) is 0 Å². The highest BCUT2D eigenvalue weighted by Crippen LogP contribution is 2.23. The Morgan fingerprint density at radius 2 is 1.91 bits per heavy atom. The Bertz CT molecular complexity index is 809. The molecule has 0 radical (unpaired) electrons. The first-order valence-corrected chi connectivity index (χ1v) is 8.03. The second kappa shape index (κ2) is 6.36. The van der Waals surface area contributed by atoms with E-state index in [9.17, 15) is 4.79 Å². The highest BCUT2D eigenvalue weighted by atomic mass is 79.9. The van der Waals surface area contributed by atoms with Crippen LogP contribution in [0.5, 0.6) is 0 Å². The van der Waals surface area contributed by atoms with Gasteiger partial charge in [0.1, 0.15) is 0 Å². The van der Waals surface area contributed by atoms with Crippen LogP contribution in [0.3, 0.4) is 0 Å². The van der Waals surface area contributed by atoms with Crippen molar-refractivity contribution in [3.05, 3.63) is 70.3 Å². The fourth-order valence-corrected chi connectivity index (χ4v) is 3.28. The van der Waals surface area contributed by atoms with Crippen LogP contribution in [0, 0.1) is 0 Å². The molecule has 3 nitrogen and oxygen atoms in total. The lowest BCUT2D eigenvalue weighted by Crippen LogP contribution is -2.28. The minimum Gasteiger partial charge on any atom is -0.361 e. The summed E-state index contributed by atoms with van der Waals surface area (Å²) in [5, 5.41) is 4.16. The molecule has 3 rings (SSSR count). The second-order valence-electron chi connectivity index (χ2n) is 5.35. The topological polar surface area (TPSA) is 44.9 Å². The molecule has 1 atom stereocenters. The van der Waals surface area contributed by atoms with Crippen LogP contribution < -0.4 is 5.32 Å². The number of carbonyl (C=O) groups excluding carboxylic acids is 1. The number of halogens is 1. The number of fused-ring (bicyclic) bond motifs is 1. The monoisotopic (exact) mass is 356 g/mol. The Morgan fingerprint density at radius 3 is 2.73 bits per heavy atom. The van der Waals surface area contributed by atoms with Crippen LogP contribution in [0.1, 0.15) is 24.1 Å². The molecule has 4 heteroatoms. The summed E-state index contributed by atoms with van der Waals surface area (Å²) in [5.74, 6) is 0.0213. The van der Waals surface area contributed by atoms with Crippen molar-refractivity contribution in [1.82, 2.24) is 10.3 Å². The van der Waals surface area contributed by atoms with Gasteiger partial charge in [0, 0.05) is 21.6 Å². The van der Waals surface area contributed by atoms with Crippen molar-refractivity contribution in [2.45, 2.75) is 19.4 Å². The first kappa shape index (κ1) is 14.9. The molecule has 22 heavy (non-hydrogen) atoms. The zero-order valence-electron chi connectivity index (χ0n) is 12.3. The minimum absolute atomic E-state index is 0.0213. The first-order valence-electron chi connectivity index (χ1n) is 7.24. The predicted molar refractivity (Wildman–Crippen MR) is 92.7 cm³/mol. The summed E-state index contributed by atoms with van der Waals surface area (Å²) in [6.45, 7) is 1.99. The van der Waals surface area contributed by atoms with E-state index in [4.69, 9.17) is 0 Å². The highest BCUT2D eigenvalue weighted by Gasteiger charge is 2.13. The Hall–Kier alpha value is -2.07. The van der Waals surface area contributed by atoms with E-state index in [1.54, 1.807) is 0 Å². The molecule has 1 amide bonds. The minimum atomic E-state index is -0.0340. The lowest BCUT2D eigenvalue weighted by molar-refractivity contribution is -0.121. The average Bonchev–Trinajstić information content (AvgIpc) is 2.91. The summed E-state index contributed by atoms with van der Waals surface area (Å²) < 4.78 is 1.01. The van der Waals surface area contributed by atoms with Gasteiger partial charge in [0.05, 0.1) is 12.5 Å². The molecule has 0 unspecified atom stereocenters. The van der Waals surface area contributed by atoms with Gasteiger partial charge in [-0.2, -0.15) is 0 Å². The molecular weight excluding hydrogens is 340 g/mol. The molecule has 0 fully saturated rings. The number of aromatic amines is 1. The van der Waals surface area contributed by atoms with Crippen LogP contribution in [-0.2, 0) is 11.2 Å². The molecule has 0 spiro atoms. The lowest BCUT2D eigenvalue weighted by Gasteiger charge is -2.15. The van der Waals surface area contributed by atoms with E-state index in [1.807, 2.05) is 61.7 Å². The average molecular weight is 357 g/mol. The molecule has 112 valence electrons. The largest absolute Gasteiger partial charge is 0.361 e. The molecular formula is C18H17BrN2O. The van der Waals surface area contributed by atoms with Crippen molar-refractivity contribution in [3.8, 4) is 0 Å². The number of carbonyl (C=O) groups is 1. The van der Waals surface area contributed by atoms with Gasteiger partial charge in [-0.1, -0.05) is 52.3 Å². The molecule has 1 aromatic heterocycles. The van der Waals surface area contributed by atoms with E-state index in [0.29, 0.717) is 6.42 Å². The van der Waals surface area contributed by atoms with Gasteiger partial charge < -0.3 is 10.3 Å². The highest BCUT2D eigenvalue weighted by molar-refractivity contribution is 9.10. The molecule has 0 saturated carbocycles. The van der Waals surface area contributed by atoms with Gasteiger partial charge in [0.25, 0.3) is 0 Å². The van der Waals surface area contributed by atoms with Crippen molar-refractivity contribution >= 4 is 32.7 Å². The van der Waals surface area contributed by atoms with Crippen molar-refractivity contribution in [2.75, 3.05) is 0 Å².